The van der Waals surface area contributed by atoms with Crippen molar-refractivity contribution >= 4 is 5.91 Å². The van der Waals surface area contributed by atoms with Gasteiger partial charge in [-0.2, -0.15) is 10.1 Å². The third-order valence-electron chi connectivity index (χ3n) is 5.21. The van der Waals surface area contributed by atoms with Crippen LogP contribution in [0.5, 0.6) is 0 Å². The lowest BCUT2D eigenvalue weighted by atomic mass is 9.96. The van der Waals surface area contributed by atoms with Gasteiger partial charge < -0.3 is 9.84 Å². The van der Waals surface area contributed by atoms with Gasteiger partial charge in [0.25, 0.3) is 11.8 Å². The molecule has 0 saturated heterocycles. The second kappa shape index (κ2) is 8.37. The molecule has 1 unspecified atom stereocenters. The van der Waals surface area contributed by atoms with Crippen molar-refractivity contribution in [2.45, 2.75) is 46.1 Å². The van der Waals surface area contributed by atoms with E-state index in [4.69, 9.17) is 4.52 Å². The molecule has 3 aromatic heterocycles. The van der Waals surface area contributed by atoms with Crippen molar-refractivity contribution in [3.8, 4) is 17.3 Å². The number of benzene rings is 1. The quantitative estimate of drug-likeness (QED) is 0.503. The SMILES string of the molecule is Cc1c(C(=O)NC(C)c2ccccc2)cnn1-c1ccc(-c2nc(C(C)(C)C)no2)cn1. The molecular weight excluding hydrogens is 404 g/mol. The van der Waals surface area contributed by atoms with Crippen LogP contribution in [0.3, 0.4) is 0 Å². The number of carbonyl (C=O) groups is 1. The Bertz CT molecular complexity index is 1220. The third-order valence-corrected chi connectivity index (χ3v) is 5.21. The maximum atomic E-state index is 12.8. The summed E-state index contributed by atoms with van der Waals surface area (Å²) in [6.45, 7) is 9.88. The number of hydrogen-bond donors (Lipinski definition) is 1. The van der Waals surface area contributed by atoms with E-state index >= 15 is 0 Å². The average Bonchev–Trinajstić information content (AvgIpc) is 3.42. The molecule has 32 heavy (non-hydrogen) atoms. The Morgan fingerprint density at radius 2 is 1.84 bits per heavy atom. The number of nitrogens with one attached hydrogen (secondary N) is 1. The smallest absolute Gasteiger partial charge is 0.259 e. The predicted molar refractivity (Wildman–Crippen MR) is 120 cm³/mol. The maximum absolute atomic E-state index is 12.8. The normalized spacial score (nSPS) is 12.5. The summed E-state index contributed by atoms with van der Waals surface area (Å²) in [5, 5.41) is 11.4. The summed E-state index contributed by atoms with van der Waals surface area (Å²) in [6, 6.07) is 13.4. The highest BCUT2D eigenvalue weighted by molar-refractivity contribution is 5.95. The fourth-order valence-corrected chi connectivity index (χ4v) is 3.25. The fraction of sp³-hybridized carbons (Fsp3) is 0.292. The van der Waals surface area contributed by atoms with E-state index in [1.807, 2.05) is 77.1 Å². The van der Waals surface area contributed by atoms with Crippen LogP contribution in [0.4, 0.5) is 0 Å². The second-order valence-electron chi connectivity index (χ2n) is 8.74. The summed E-state index contributed by atoms with van der Waals surface area (Å²) in [5.41, 5.74) is 2.77. The molecule has 8 heteroatoms. The molecule has 1 atom stereocenters. The zero-order chi connectivity index (χ0) is 22.9. The summed E-state index contributed by atoms with van der Waals surface area (Å²) >= 11 is 0. The molecule has 4 rings (SSSR count). The van der Waals surface area contributed by atoms with E-state index in [1.165, 1.54) is 0 Å². The lowest BCUT2D eigenvalue weighted by molar-refractivity contribution is 0.0939. The Hall–Kier alpha value is -3.81. The van der Waals surface area contributed by atoms with Crippen LogP contribution >= 0.6 is 0 Å². The van der Waals surface area contributed by atoms with Crippen molar-refractivity contribution in [2.24, 2.45) is 0 Å². The number of aromatic nitrogens is 5. The Labute approximate surface area is 186 Å². The van der Waals surface area contributed by atoms with Gasteiger partial charge >= 0.3 is 0 Å². The van der Waals surface area contributed by atoms with Gasteiger partial charge in [-0.3, -0.25) is 4.79 Å². The lowest BCUT2D eigenvalue weighted by Crippen LogP contribution is -2.27. The molecule has 4 aromatic rings. The minimum atomic E-state index is -0.198. The molecule has 164 valence electrons. The first-order valence-corrected chi connectivity index (χ1v) is 10.5. The van der Waals surface area contributed by atoms with Crippen molar-refractivity contribution in [3.05, 3.63) is 77.5 Å². The van der Waals surface area contributed by atoms with E-state index in [2.05, 4.69) is 25.5 Å². The highest BCUT2D eigenvalue weighted by atomic mass is 16.5. The number of rotatable bonds is 5. The first kappa shape index (κ1) is 21.4. The van der Waals surface area contributed by atoms with Crippen LogP contribution < -0.4 is 5.32 Å². The van der Waals surface area contributed by atoms with Crippen molar-refractivity contribution < 1.29 is 9.32 Å². The topological polar surface area (TPSA) is 98.7 Å². The van der Waals surface area contributed by atoms with Crippen LogP contribution in [-0.4, -0.2) is 30.8 Å². The van der Waals surface area contributed by atoms with Crippen LogP contribution in [0.15, 0.2) is 59.4 Å². The molecule has 1 N–H and O–H groups in total. The van der Waals surface area contributed by atoms with E-state index in [1.54, 1.807) is 17.1 Å². The van der Waals surface area contributed by atoms with Crippen molar-refractivity contribution in [3.63, 3.8) is 0 Å². The summed E-state index contributed by atoms with van der Waals surface area (Å²) < 4.78 is 7.02. The predicted octanol–water partition coefficient (Wildman–Crippen LogP) is 4.41. The second-order valence-corrected chi connectivity index (χ2v) is 8.74. The van der Waals surface area contributed by atoms with Crippen LogP contribution in [0.25, 0.3) is 17.3 Å². The first-order chi connectivity index (χ1) is 15.2. The van der Waals surface area contributed by atoms with Gasteiger partial charge in [0.15, 0.2) is 11.6 Å². The molecule has 0 saturated carbocycles. The zero-order valence-electron chi connectivity index (χ0n) is 18.8. The Morgan fingerprint density at radius 1 is 1.09 bits per heavy atom. The van der Waals surface area contributed by atoms with Gasteiger partial charge in [-0.1, -0.05) is 56.3 Å². The minimum Gasteiger partial charge on any atom is -0.345 e. The van der Waals surface area contributed by atoms with E-state index in [0.29, 0.717) is 28.8 Å². The van der Waals surface area contributed by atoms with E-state index in [-0.39, 0.29) is 17.4 Å². The van der Waals surface area contributed by atoms with E-state index in [9.17, 15) is 4.79 Å². The Morgan fingerprint density at radius 3 is 2.47 bits per heavy atom. The van der Waals surface area contributed by atoms with Crippen LogP contribution in [0.1, 0.15) is 61.2 Å². The van der Waals surface area contributed by atoms with E-state index in [0.717, 1.165) is 11.1 Å². The molecule has 0 fully saturated rings. The molecular formula is C24H26N6O2. The molecule has 0 aliphatic rings. The number of hydrogen-bond acceptors (Lipinski definition) is 6. The highest BCUT2D eigenvalue weighted by Gasteiger charge is 2.22. The van der Waals surface area contributed by atoms with Crippen LogP contribution in [0, 0.1) is 6.92 Å². The summed E-state index contributed by atoms with van der Waals surface area (Å²) in [5.74, 6) is 1.47. The molecule has 0 spiro atoms. The van der Waals surface area contributed by atoms with Gasteiger partial charge in [-0.05, 0) is 31.5 Å². The maximum Gasteiger partial charge on any atom is 0.259 e. The Kier molecular flexibility index (Phi) is 5.61. The van der Waals surface area contributed by atoms with Gasteiger partial charge in [0.05, 0.1) is 29.1 Å². The molecule has 3 heterocycles. The largest absolute Gasteiger partial charge is 0.345 e. The zero-order valence-corrected chi connectivity index (χ0v) is 18.8. The van der Waals surface area contributed by atoms with Gasteiger partial charge in [-0.15, -0.1) is 0 Å². The fourth-order valence-electron chi connectivity index (χ4n) is 3.25. The molecule has 0 bridgehead atoms. The molecule has 1 aromatic carbocycles. The minimum absolute atomic E-state index is 0.115. The first-order valence-electron chi connectivity index (χ1n) is 10.5. The molecule has 0 aliphatic heterocycles. The van der Waals surface area contributed by atoms with Gasteiger partial charge in [-0.25, -0.2) is 9.67 Å². The summed E-state index contributed by atoms with van der Waals surface area (Å²) in [6.07, 6.45) is 3.22. The molecule has 0 aliphatic carbocycles. The molecule has 0 radical (unpaired) electrons. The highest BCUT2D eigenvalue weighted by Crippen LogP contribution is 2.24. The number of pyridine rings is 1. The van der Waals surface area contributed by atoms with Crippen LogP contribution in [-0.2, 0) is 5.41 Å². The number of amides is 1. The third kappa shape index (κ3) is 4.30. The molecule has 8 nitrogen and oxygen atoms in total. The van der Waals surface area contributed by atoms with Gasteiger partial charge in [0, 0.05) is 11.6 Å². The lowest BCUT2D eigenvalue weighted by Gasteiger charge is -2.14. The van der Waals surface area contributed by atoms with Crippen molar-refractivity contribution in [1.82, 2.24) is 30.2 Å². The van der Waals surface area contributed by atoms with Crippen molar-refractivity contribution in [1.29, 1.82) is 0 Å². The standard InChI is InChI=1S/C24H26N6O2/c1-15(17-9-7-6-8-10-17)27-21(31)19-14-26-30(16(19)2)20-12-11-18(13-25-20)22-28-23(29-32-22)24(3,4)5/h6-15H,1-5H3,(H,27,31). The summed E-state index contributed by atoms with van der Waals surface area (Å²) in [4.78, 5) is 21.7. The van der Waals surface area contributed by atoms with Crippen molar-refractivity contribution in [2.75, 3.05) is 0 Å². The van der Waals surface area contributed by atoms with E-state index < -0.39 is 0 Å². The monoisotopic (exact) mass is 430 g/mol. The number of carbonyl (C=O) groups excluding carboxylic acids is 1. The summed E-state index contributed by atoms with van der Waals surface area (Å²) in [7, 11) is 0. The van der Waals surface area contributed by atoms with Crippen LogP contribution in [0.2, 0.25) is 0 Å². The number of nitrogens with zero attached hydrogens (tertiary/aromatic N) is 5. The van der Waals surface area contributed by atoms with Gasteiger partial charge in [0.2, 0.25) is 0 Å². The van der Waals surface area contributed by atoms with Gasteiger partial charge in [0.1, 0.15) is 0 Å². The molecule has 1 amide bonds. The Balaban J connectivity index is 1.51. The average molecular weight is 431 g/mol.